The van der Waals surface area contributed by atoms with E-state index in [4.69, 9.17) is 8.85 Å². The van der Waals surface area contributed by atoms with E-state index in [1.54, 1.807) is 9.80 Å². The first-order valence-corrected chi connectivity index (χ1v) is 19.6. The average Bonchev–Trinajstić information content (AvgIpc) is 3.40. The molecule has 0 unspecified atom stereocenters. The number of carbonyl (C=O) groups excluding carboxylic acids is 2. The molecule has 4 fully saturated rings. The fourth-order valence-corrected chi connectivity index (χ4v) is 7.88. The summed E-state index contributed by atoms with van der Waals surface area (Å²) >= 11 is 0. The van der Waals surface area contributed by atoms with Crippen LogP contribution in [-0.2, 0) is 18.4 Å². The summed E-state index contributed by atoms with van der Waals surface area (Å²) < 4.78 is 12.5. The summed E-state index contributed by atoms with van der Waals surface area (Å²) in [4.78, 5) is 27.0. The van der Waals surface area contributed by atoms with Crippen molar-refractivity contribution >= 4 is 28.4 Å². The highest BCUT2D eigenvalue weighted by atomic mass is 28.4. The van der Waals surface area contributed by atoms with Gasteiger partial charge in [-0.25, -0.2) is 0 Å². The van der Waals surface area contributed by atoms with Crippen molar-refractivity contribution < 1.29 is 38.9 Å². The van der Waals surface area contributed by atoms with Gasteiger partial charge in [0.25, 0.3) is 0 Å². The molecule has 8 atom stereocenters. The van der Waals surface area contributed by atoms with Gasteiger partial charge in [0.1, 0.15) is 12.2 Å². The third kappa shape index (κ3) is 5.92. The third-order valence-corrected chi connectivity index (χ3v) is 18.6. The highest BCUT2D eigenvalue weighted by Gasteiger charge is 2.55. The van der Waals surface area contributed by atoms with Crippen molar-refractivity contribution in [1.29, 1.82) is 0 Å². The van der Waals surface area contributed by atoms with Gasteiger partial charge in [-0.2, -0.15) is 0 Å². The van der Waals surface area contributed by atoms with Crippen LogP contribution in [0.4, 0.5) is 0 Å². The van der Waals surface area contributed by atoms with Crippen molar-refractivity contribution in [3.63, 3.8) is 0 Å². The van der Waals surface area contributed by atoms with E-state index in [1.165, 1.54) is 0 Å². The molecular weight excluding hydrogens is 524 g/mol. The van der Waals surface area contributed by atoms with Crippen LogP contribution in [0.25, 0.3) is 0 Å². The predicted octanol–water partition coefficient (Wildman–Crippen LogP) is 1.43. The van der Waals surface area contributed by atoms with Crippen LogP contribution in [0.1, 0.15) is 54.4 Å². The van der Waals surface area contributed by atoms with Crippen LogP contribution < -0.4 is 0 Å². The Bertz CT molecular complexity index is 831. The third-order valence-electron chi connectivity index (χ3n) is 9.63. The van der Waals surface area contributed by atoms with E-state index in [0.717, 1.165) is 0 Å². The molecule has 38 heavy (non-hydrogen) atoms. The topological polar surface area (TPSA) is 140 Å². The summed E-state index contributed by atoms with van der Waals surface area (Å²) in [5, 5.41) is 39.6. The lowest BCUT2D eigenvalue weighted by Gasteiger charge is -2.39. The van der Waals surface area contributed by atoms with E-state index in [1.807, 2.05) is 0 Å². The number of aliphatic hydroxyl groups is 4. The van der Waals surface area contributed by atoms with Crippen LogP contribution in [0.3, 0.4) is 0 Å². The molecule has 0 aliphatic carbocycles. The Hall–Kier alpha value is -0.866. The Kier molecular flexibility index (Phi) is 8.76. The molecule has 12 heteroatoms. The molecule has 0 aromatic rings. The van der Waals surface area contributed by atoms with Crippen molar-refractivity contribution in [2.24, 2.45) is 0 Å². The van der Waals surface area contributed by atoms with Gasteiger partial charge < -0.3 is 39.1 Å². The van der Waals surface area contributed by atoms with Crippen LogP contribution in [0.2, 0.25) is 36.3 Å². The van der Waals surface area contributed by atoms with Gasteiger partial charge in [0.2, 0.25) is 11.8 Å². The van der Waals surface area contributed by atoms with Gasteiger partial charge in [-0.15, -0.1) is 0 Å². The molecule has 4 heterocycles. The maximum Gasteiger partial charge on any atom is 0.225 e. The number of hydrogen-bond donors (Lipinski definition) is 4. The number of hydrogen-bond acceptors (Lipinski definition) is 8. The Morgan fingerprint density at radius 2 is 0.947 bits per heavy atom. The second-order valence-corrected chi connectivity index (χ2v) is 23.9. The predicted molar refractivity (Wildman–Crippen MR) is 148 cm³/mol. The first-order valence-electron chi connectivity index (χ1n) is 13.8. The smallest absolute Gasteiger partial charge is 0.225 e. The number of nitrogens with zero attached hydrogens (tertiary/aromatic N) is 2. The summed E-state index contributed by atoms with van der Waals surface area (Å²) in [6, 6.07) is -0.756. The van der Waals surface area contributed by atoms with Crippen LogP contribution in [-0.4, -0.2) is 120 Å². The molecular formula is C26H50N2O8Si2. The Labute approximate surface area is 229 Å². The number of amides is 2. The van der Waals surface area contributed by atoms with E-state index < -0.39 is 41.1 Å². The van der Waals surface area contributed by atoms with E-state index in [9.17, 15) is 30.0 Å². The lowest BCUT2D eigenvalue weighted by Crippen LogP contribution is -2.49. The largest absolute Gasteiger partial charge is 0.411 e. The van der Waals surface area contributed by atoms with Crippen molar-refractivity contribution in [1.82, 2.24) is 9.80 Å². The lowest BCUT2D eigenvalue weighted by atomic mass is 10.1. The van der Waals surface area contributed by atoms with Crippen LogP contribution in [0, 0.1) is 0 Å². The minimum absolute atomic E-state index is 0.0238. The zero-order valence-electron chi connectivity index (χ0n) is 24.8. The molecule has 0 spiro atoms. The van der Waals surface area contributed by atoms with Crippen molar-refractivity contribution in [3.8, 4) is 0 Å². The van der Waals surface area contributed by atoms with E-state index in [2.05, 4.69) is 67.7 Å². The summed E-state index contributed by atoms with van der Waals surface area (Å²) in [5.74, 6) is -0.0476. The first kappa shape index (κ1) is 31.7. The zero-order valence-corrected chi connectivity index (χ0v) is 26.8. The molecule has 0 aromatic carbocycles. The maximum absolute atomic E-state index is 11.9. The minimum Gasteiger partial charge on any atom is -0.411 e. The fourth-order valence-electron chi connectivity index (χ4n) is 5.22. The Morgan fingerprint density at radius 1 is 0.658 bits per heavy atom. The van der Waals surface area contributed by atoms with Crippen molar-refractivity contribution in [3.05, 3.63) is 0 Å². The van der Waals surface area contributed by atoms with E-state index in [-0.39, 0.29) is 59.3 Å². The first-order chi connectivity index (χ1) is 17.1. The SMILES string of the molecule is CC(C)(C)[Si](C)(C)O[C@H]1CC(=O)N2C[C@H](O)[C@H](O)[C@@H]12.CC(C)(C)[Si](C)(C)O[C@H]1CC(=O)N2C[C@H](O)[C@H](O)[C@@H]12. The van der Waals surface area contributed by atoms with Gasteiger partial charge in [-0.3, -0.25) is 9.59 Å². The Balaban J connectivity index is 0.000000211. The number of aliphatic hydroxyl groups excluding tert-OH is 4. The molecule has 4 rings (SSSR count). The minimum atomic E-state index is -1.98. The molecule has 0 saturated carbocycles. The van der Waals surface area contributed by atoms with Gasteiger partial charge in [-0.05, 0) is 36.3 Å². The fraction of sp³-hybridized carbons (Fsp3) is 0.923. The number of fused-ring (bicyclic) bond motifs is 2. The molecule has 10 nitrogen and oxygen atoms in total. The molecule has 4 N–H and O–H groups in total. The quantitative estimate of drug-likeness (QED) is 0.370. The summed E-state index contributed by atoms with van der Waals surface area (Å²) in [6.45, 7) is 21.9. The summed E-state index contributed by atoms with van der Waals surface area (Å²) in [6.07, 6.45) is -3.41. The number of rotatable bonds is 4. The van der Waals surface area contributed by atoms with Gasteiger partial charge in [0, 0.05) is 13.1 Å². The standard InChI is InChI=1S/2C13H25NO4Si/c2*1-13(2,3)19(4,5)18-9-6-10(16)14-7-8(15)12(17)11(9)14/h2*8-9,11-12,15,17H,6-7H2,1-5H3/t2*8-,9-,11+,12-/m00/s1. The molecule has 220 valence electrons. The van der Waals surface area contributed by atoms with Crippen molar-refractivity contribution in [2.75, 3.05) is 13.1 Å². The molecule has 4 saturated heterocycles. The normalized spacial score (nSPS) is 35.9. The van der Waals surface area contributed by atoms with Crippen molar-refractivity contribution in [2.45, 2.75) is 139 Å². The summed E-state index contributed by atoms with van der Waals surface area (Å²) in [7, 11) is -3.97. The second-order valence-electron chi connectivity index (χ2n) is 14.4. The zero-order chi connectivity index (χ0) is 29.2. The van der Waals surface area contributed by atoms with Crippen LogP contribution in [0.5, 0.6) is 0 Å². The molecule has 0 aromatic heterocycles. The average molecular weight is 575 g/mol. The second kappa shape index (κ2) is 10.5. The number of carbonyl (C=O) groups is 2. The monoisotopic (exact) mass is 574 g/mol. The highest BCUT2D eigenvalue weighted by Crippen LogP contribution is 2.42. The summed E-state index contributed by atoms with van der Waals surface area (Å²) in [5.41, 5.74) is 0. The Morgan fingerprint density at radius 3 is 1.21 bits per heavy atom. The molecule has 4 aliphatic heterocycles. The molecule has 4 aliphatic rings. The molecule has 2 amide bonds. The van der Waals surface area contributed by atoms with Crippen LogP contribution >= 0.6 is 0 Å². The molecule has 0 bridgehead atoms. The van der Waals surface area contributed by atoms with Gasteiger partial charge in [-0.1, -0.05) is 41.5 Å². The van der Waals surface area contributed by atoms with E-state index >= 15 is 0 Å². The van der Waals surface area contributed by atoms with Gasteiger partial charge >= 0.3 is 0 Å². The molecule has 0 radical (unpaired) electrons. The van der Waals surface area contributed by atoms with E-state index in [0.29, 0.717) is 12.8 Å². The lowest BCUT2D eigenvalue weighted by molar-refractivity contribution is -0.129. The maximum atomic E-state index is 11.9. The highest BCUT2D eigenvalue weighted by molar-refractivity contribution is 6.74. The van der Waals surface area contributed by atoms with Crippen LogP contribution in [0.15, 0.2) is 0 Å². The van der Waals surface area contributed by atoms with Gasteiger partial charge in [0.05, 0.1) is 49.3 Å². The van der Waals surface area contributed by atoms with Gasteiger partial charge in [0.15, 0.2) is 16.6 Å².